The molecule has 0 fully saturated rings. The van der Waals surface area contributed by atoms with Crippen LogP contribution in [0.1, 0.15) is 19.8 Å². The van der Waals surface area contributed by atoms with E-state index in [9.17, 15) is 0 Å². The van der Waals surface area contributed by atoms with Gasteiger partial charge in [-0.05, 0) is 25.8 Å². The fourth-order valence-electron chi connectivity index (χ4n) is 0.325. The Morgan fingerprint density at radius 1 is 1.71 bits per heavy atom. The predicted molar refractivity (Wildman–Crippen MR) is 29.8 cm³/mol. The van der Waals surface area contributed by atoms with Gasteiger partial charge in [0.1, 0.15) is 0 Å². The lowest BCUT2D eigenvalue weighted by molar-refractivity contribution is 0.289. The minimum Gasteiger partial charge on any atom is -0.396 e. The average molecular weight is 99.2 g/mol. The first-order valence-electron chi connectivity index (χ1n) is 2.54. The third-order valence-electron chi connectivity index (χ3n) is 0.683. The fraction of sp³-hybridized carbons (Fsp3) is 0.667. The maximum absolute atomic E-state index is 8.24. The standard InChI is InChI=1S/C6H11O/c1-2-3-4-5-6-7/h2,7H,4-6H2,1H3. The van der Waals surface area contributed by atoms with Crippen molar-refractivity contribution in [2.75, 3.05) is 6.61 Å². The largest absolute Gasteiger partial charge is 0.396 e. The fourth-order valence-corrected chi connectivity index (χ4v) is 0.325. The number of rotatable bonds is 3. The first kappa shape index (κ1) is 6.70. The van der Waals surface area contributed by atoms with Gasteiger partial charge in [-0.2, -0.15) is 0 Å². The molecule has 0 aromatic heterocycles. The monoisotopic (exact) mass is 99.1 g/mol. The molecule has 0 aromatic rings. The number of allylic oxidation sites excluding steroid dienone is 2. The normalized spacial score (nSPS) is 10.6. The molecule has 0 saturated heterocycles. The van der Waals surface area contributed by atoms with Crippen LogP contribution in [0.15, 0.2) is 6.08 Å². The lowest BCUT2D eigenvalue weighted by Gasteiger charge is -1.82. The lowest BCUT2D eigenvalue weighted by atomic mass is 10.3. The Hall–Kier alpha value is -0.300. The minimum absolute atomic E-state index is 0.279. The molecule has 0 aliphatic heterocycles. The molecule has 0 bridgehead atoms. The maximum Gasteiger partial charge on any atom is 0.0434 e. The van der Waals surface area contributed by atoms with Gasteiger partial charge >= 0.3 is 0 Å². The van der Waals surface area contributed by atoms with Crippen LogP contribution < -0.4 is 0 Å². The summed E-state index contributed by atoms with van der Waals surface area (Å²) in [4.78, 5) is 0. The maximum atomic E-state index is 8.24. The highest BCUT2D eigenvalue weighted by Crippen LogP contribution is 1.85. The third kappa shape index (κ3) is 5.70. The Kier molecular flexibility index (Phi) is 5.46. The van der Waals surface area contributed by atoms with E-state index in [0.717, 1.165) is 12.8 Å². The number of hydrogen-bond donors (Lipinski definition) is 1. The molecular formula is C6H11O. The molecule has 7 heavy (non-hydrogen) atoms. The zero-order valence-corrected chi connectivity index (χ0v) is 4.65. The molecule has 0 heterocycles. The van der Waals surface area contributed by atoms with Crippen molar-refractivity contribution in [2.24, 2.45) is 0 Å². The summed E-state index contributed by atoms with van der Waals surface area (Å²) < 4.78 is 0. The second-order valence-electron chi connectivity index (χ2n) is 1.32. The second kappa shape index (κ2) is 5.70. The van der Waals surface area contributed by atoms with E-state index in [1.54, 1.807) is 0 Å². The van der Waals surface area contributed by atoms with Crippen molar-refractivity contribution >= 4 is 0 Å². The van der Waals surface area contributed by atoms with Gasteiger partial charge in [0.25, 0.3) is 0 Å². The summed E-state index contributed by atoms with van der Waals surface area (Å²) in [5.41, 5.74) is 0. The number of hydrogen-bond acceptors (Lipinski definition) is 1. The van der Waals surface area contributed by atoms with Crippen LogP contribution in [0.5, 0.6) is 0 Å². The molecule has 1 N–H and O–H groups in total. The first-order valence-corrected chi connectivity index (χ1v) is 2.54. The first-order chi connectivity index (χ1) is 3.41. The summed E-state index contributed by atoms with van der Waals surface area (Å²) in [5, 5.41) is 8.24. The molecule has 0 aliphatic rings. The summed E-state index contributed by atoms with van der Waals surface area (Å²) in [6, 6.07) is 0. The van der Waals surface area contributed by atoms with Gasteiger partial charge in [-0.3, -0.25) is 0 Å². The van der Waals surface area contributed by atoms with Crippen molar-refractivity contribution in [1.82, 2.24) is 0 Å². The van der Waals surface area contributed by atoms with Crippen molar-refractivity contribution in [1.29, 1.82) is 0 Å². The third-order valence-corrected chi connectivity index (χ3v) is 0.683. The van der Waals surface area contributed by atoms with E-state index >= 15 is 0 Å². The van der Waals surface area contributed by atoms with E-state index in [-0.39, 0.29) is 6.61 Å². The van der Waals surface area contributed by atoms with Crippen molar-refractivity contribution in [3.8, 4) is 0 Å². The van der Waals surface area contributed by atoms with E-state index in [2.05, 4.69) is 6.08 Å². The van der Waals surface area contributed by atoms with Crippen LogP contribution in [0.2, 0.25) is 0 Å². The Labute approximate surface area is 44.7 Å². The SMILES string of the molecule is C/C=[C]/CCCO. The summed E-state index contributed by atoms with van der Waals surface area (Å²) >= 11 is 0. The molecule has 0 unspecified atom stereocenters. The molecule has 0 amide bonds. The van der Waals surface area contributed by atoms with Gasteiger partial charge in [0.15, 0.2) is 0 Å². The summed E-state index contributed by atoms with van der Waals surface area (Å²) in [6.45, 7) is 2.21. The summed E-state index contributed by atoms with van der Waals surface area (Å²) in [6.07, 6.45) is 6.55. The molecule has 41 valence electrons. The van der Waals surface area contributed by atoms with E-state index in [1.807, 2.05) is 13.0 Å². The van der Waals surface area contributed by atoms with Crippen LogP contribution in [-0.4, -0.2) is 11.7 Å². The molecule has 0 aromatic carbocycles. The van der Waals surface area contributed by atoms with Gasteiger partial charge in [-0.1, -0.05) is 6.08 Å². The van der Waals surface area contributed by atoms with Crippen LogP contribution in [-0.2, 0) is 0 Å². The van der Waals surface area contributed by atoms with Crippen molar-refractivity contribution in [3.05, 3.63) is 12.2 Å². The Bertz CT molecular complexity index is 48.1. The van der Waals surface area contributed by atoms with Crippen molar-refractivity contribution in [3.63, 3.8) is 0 Å². The topological polar surface area (TPSA) is 20.2 Å². The van der Waals surface area contributed by atoms with Crippen molar-refractivity contribution < 1.29 is 5.11 Å². The molecule has 0 saturated carbocycles. The molecule has 0 atom stereocenters. The van der Waals surface area contributed by atoms with E-state index in [0.29, 0.717) is 0 Å². The zero-order chi connectivity index (χ0) is 5.54. The van der Waals surface area contributed by atoms with Gasteiger partial charge in [-0.25, -0.2) is 0 Å². The zero-order valence-electron chi connectivity index (χ0n) is 4.65. The van der Waals surface area contributed by atoms with Gasteiger partial charge in [0.2, 0.25) is 0 Å². The Morgan fingerprint density at radius 3 is 2.86 bits per heavy atom. The van der Waals surface area contributed by atoms with Crippen molar-refractivity contribution in [2.45, 2.75) is 19.8 Å². The van der Waals surface area contributed by atoms with Gasteiger partial charge in [-0.15, -0.1) is 0 Å². The number of aliphatic hydroxyl groups is 1. The molecular weight excluding hydrogens is 88.1 g/mol. The van der Waals surface area contributed by atoms with Crippen LogP contribution in [0.3, 0.4) is 0 Å². The quantitative estimate of drug-likeness (QED) is 0.526. The van der Waals surface area contributed by atoms with E-state index in [4.69, 9.17) is 5.11 Å². The molecule has 0 spiro atoms. The molecule has 1 heteroatoms. The Balaban J connectivity index is 2.69. The van der Waals surface area contributed by atoms with Crippen LogP contribution in [0, 0.1) is 6.08 Å². The van der Waals surface area contributed by atoms with Crippen LogP contribution >= 0.6 is 0 Å². The Morgan fingerprint density at radius 2 is 2.43 bits per heavy atom. The second-order valence-corrected chi connectivity index (χ2v) is 1.32. The predicted octanol–water partition coefficient (Wildman–Crippen LogP) is 1.14. The molecule has 0 aliphatic carbocycles. The molecule has 0 rings (SSSR count). The number of aliphatic hydroxyl groups excluding tert-OH is 1. The summed E-state index contributed by atoms with van der Waals surface area (Å²) in [5.74, 6) is 0. The molecule has 1 radical (unpaired) electrons. The highest BCUT2D eigenvalue weighted by atomic mass is 16.2. The lowest BCUT2D eigenvalue weighted by Crippen LogP contribution is -1.77. The number of unbranched alkanes of at least 4 members (excludes halogenated alkanes) is 1. The molecule has 1 nitrogen and oxygen atoms in total. The highest BCUT2D eigenvalue weighted by Gasteiger charge is 1.74. The minimum atomic E-state index is 0.279. The van der Waals surface area contributed by atoms with Crippen LogP contribution in [0.4, 0.5) is 0 Å². The van der Waals surface area contributed by atoms with E-state index in [1.165, 1.54) is 0 Å². The smallest absolute Gasteiger partial charge is 0.0434 e. The average Bonchev–Trinajstić information content (AvgIpc) is 1.69. The summed E-state index contributed by atoms with van der Waals surface area (Å²) in [7, 11) is 0. The van der Waals surface area contributed by atoms with Gasteiger partial charge in [0.05, 0.1) is 0 Å². The van der Waals surface area contributed by atoms with Gasteiger partial charge < -0.3 is 5.11 Å². The van der Waals surface area contributed by atoms with Crippen LogP contribution in [0.25, 0.3) is 0 Å². The highest BCUT2D eigenvalue weighted by molar-refractivity contribution is 4.65. The van der Waals surface area contributed by atoms with Gasteiger partial charge in [0, 0.05) is 6.61 Å². The van der Waals surface area contributed by atoms with E-state index < -0.39 is 0 Å².